The van der Waals surface area contributed by atoms with Crippen LogP contribution in [0.25, 0.3) is 0 Å². The van der Waals surface area contributed by atoms with Crippen molar-refractivity contribution in [2.45, 2.75) is 38.6 Å². The molecule has 0 spiro atoms. The summed E-state index contributed by atoms with van der Waals surface area (Å²) in [5.41, 5.74) is 0. The van der Waals surface area contributed by atoms with E-state index in [2.05, 4.69) is 22.7 Å². The molecule has 5 heteroatoms. The summed E-state index contributed by atoms with van der Waals surface area (Å²) in [4.78, 5) is 11.8. The van der Waals surface area contributed by atoms with Crippen molar-refractivity contribution in [2.24, 2.45) is 17.8 Å². The molecule has 5 nitrogen and oxygen atoms in total. The van der Waals surface area contributed by atoms with Crippen LogP contribution in [0.2, 0.25) is 0 Å². The smallest absolute Gasteiger partial charge is 0.321 e. The van der Waals surface area contributed by atoms with Crippen molar-refractivity contribution >= 4 is 11.9 Å². The maximum Gasteiger partial charge on any atom is 0.321 e. The van der Waals surface area contributed by atoms with Crippen LogP contribution in [0.15, 0.2) is 16.8 Å². The van der Waals surface area contributed by atoms with Gasteiger partial charge in [-0.1, -0.05) is 11.6 Å². The average molecular weight is 249 g/mol. The molecule has 3 rings (SSSR count). The SMILES string of the molecule is CC(NC(=O)Nc1ccno1)C1CC2CCC1C2. The molecule has 2 bridgehead atoms. The molecule has 1 aromatic heterocycles. The summed E-state index contributed by atoms with van der Waals surface area (Å²) in [6.07, 6.45) is 6.87. The number of nitrogens with one attached hydrogen (secondary N) is 2. The maximum absolute atomic E-state index is 11.8. The molecular weight excluding hydrogens is 230 g/mol. The Balaban J connectivity index is 1.51. The van der Waals surface area contributed by atoms with Crippen LogP contribution in [0.1, 0.15) is 32.6 Å². The van der Waals surface area contributed by atoms with E-state index in [9.17, 15) is 4.79 Å². The Morgan fingerprint density at radius 2 is 2.39 bits per heavy atom. The number of rotatable bonds is 3. The minimum Gasteiger partial charge on any atom is -0.338 e. The van der Waals surface area contributed by atoms with Crippen LogP contribution >= 0.6 is 0 Å². The van der Waals surface area contributed by atoms with E-state index in [4.69, 9.17) is 4.52 Å². The molecule has 2 saturated carbocycles. The molecule has 2 fully saturated rings. The van der Waals surface area contributed by atoms with E-state index in [0.717, 1.165) is 11.8 Å². The molecule has 0 saturated heterocycles. The van der Waals surface area contributed by atoms with Crippen LogP contribution in [0, 0.1) is 17.8 Å². The van der Waals surface area contributed by atoms with Crippen molar-refractivity contribution in [2.75, 3.05) is 5.32 Å². The van der Waals surface area contributed by atoms with E-state index in [1.165, 1.54) is 31.9 Å². The Morgan fingerprint density at radius 3 is 3.00 bits per heavy atom. The van der Waals surface area contributed by atoms with Gasteiger partial charge in [0, 0.05) is 12.1 Å². The number of aromatic nitrogens is 1. The number of amides is 2. The molecule has 0 aliphatic heterocycles. The van der Waals surface area contributed by atoms with E-state index in [1.54, 1.807) is 6.07 Å². The van der Waals surface area contributed by atoms with E-state index >= 15 is 0 Å². The molecule has 4 atom stereocenters. The molecule has 2 aliphatic rings. The van der Waals surface area contributed by atoms with Gasteiger partial charge in [-0.2, -0.15) is 0 Å². The van der Waals surface area contributed by atoms with Crippen LogP contribution in [0.5, 0.6) is 0 Å². The van der Waals surface area contributed by atoms with E-state index in [0.29, 0.717) is 11.8 Å². The van der Waals surface area contributed by atoms with Crippen molar-refractivity contribution in [1.82, 2.24) is 10.5 Å². The zero-order chi connectivity index (χ0) is 12.5. The largest absolute Gasteiger partial charge is 0.338 e. The first-order chi connectivity index (χ1) is 8.72. The molecule has 2 amide bonds. The third-order valence-corrected chi connectivity index (χ3v) is 4.47. The second-order valence-electron chi connectivity index (χ2n) is 5.60. The number of anilines is 1. The Kier molecular flexibility index (Phi) is 2.97. The molecular formula is C13H19N3O2. The summed E-state index contributed by atoms with van der Waals surface area (Å²) in [6, 6.07) is 1.65. The first kappa shape index (κ1) is 11.6. The molecule has 0 radical (unpaired) electrons. The van der Waals surface area contributed by atoms with Crippen molar-refractivity contribution < 1.29 is 9.32 Å². The summed E-state index contributed by atoms with van der Waals surface area (Å²) >= 11 is 0. The van der Waals surface area contributed by atoms with Gasteiger partial charge in [0.15, 0.2) is 0 Å². The normalized spacial score (nSPS) is 31.3. The van der Waals surface area contributed by atoms with Crippen molar-refractivity contribution in [3.8, 4) is 0 Å². The average Bonchev–Trinajstić information content (AvgIpc) is 3.04. The van der Waals surface area contributed by atoms with Gasteiger partial charge < -0.3 is 9.84 Å². The van der Waals surface area contributed by atoms with Gasteiger partial charge in [-0.15, -0.1) is 0 Å². The number of fused-ring (bicyclic) bond motifs is 2. The van der Waals surface area contributed by atoms with Crippen molar-refractivity contribution in [1.29, 1.82) is 0 Å². The number of urea groups is 1. The second kappa shape index (κ2) is 4.63. The first-order valence-corrected chi connectivity index (χ1v) is 6.70. The topological polar surface area (TPSA) is 67.2 Å². The fraction of sp³-hybridized carbons (Fsp3) is 0.692. The van der Waals surface area contributed by atoms with Gasteiger partial charge in [0.25, 0.3) is 0 Å². The molecule has 4 unspecified atom stereocenters. The van der Waals surface area contributed by atoms with Crippen molar-refractivity contribution in [3.05, 3.63) is 12.3 Å². The van der Waals surface area contributed by atoms with Gasteiger partial charge in [-0.25, -0.2) is 4.79 Å². The summed E-state index contributed by atoms with van der Waals surface area (Å²) in [6.45, 7) is 2.10. The molecule has 1 aromatic rings. The fourth-order valence-corrected chi connectivity index (χ4v) is 3.65. The highest BCUT2D eigenvalue weighted by molar-refractivity contribution is 5.87. The maximum atomic E-state index is 11.8. The number of carbonyl (C=O) groups is 1. The highest BCUT2D eigenvalue weighted by Gasteiger charge is 2.42. The lowest BCUT2D eigenvalue weighted by Gasteiger charge is -2.28. The lowest BCUT2D eigenvalue weighted by atomic mass is 9.84. The highest BCUT2D eigenvalue weighted by Crippen LogP contribution is 2.49. The fourth-order valence-electron chi connectivity index (χ4n) is 3.65. The van der Waals surface area contributed by atoms with Crippen molar-refractivity contribution in [3.63, 3.8) is 0 Å². The Hall–Kier alpha value is -1.52. The lowest BCUT2D eigenvalue weighted by molar-refractivity contribution is 0.229. The van der Waals surface area contributed by atoms with E-state index < -0.39 is 0 Å². The monoisotopic (exact) mass is 249 g/mol. The number of hydrogen-bond acceptors (Lipinski definition) is 3. The molecule has 2 N–H and O–H groups in total. The van der Waals surface area contributed by atoms with E-state index in [1.807, 2.05) is 0 Å². The van der Waals surface area contributed by atoms with Crippen LogP contribution in [-0.4, -0.2) is 17.2 Å². The predicted octanol–water partition coefficient (Wildman–Crippen LogP) is 2.62. The van der Waals surface area contributed by atoms with Crippen LogP contribution in [-0.2, 0) is 0 Å². The summed E-state index contributed by atoms with van der Waals surface area (Å²) < 4.78 is 4.84. The van der Waals surface area contributed by atoms with Crippen LogP contribution < -0.4 is 10.6 Å². The van der Waals surface area contributed by atoms with Gasteiger partial charge >= 0.3 is 6.03 Å². The standard InChI is InChI=1S/C13H19N3O2/c1-8(11-7-9-2-3-10(11)6-9)15-13(17)16-12-4-5-14-18-12/h4-5,8-11H,2-3,6-7H2,1H3,(H2,15,16,17). The van der Waals surface area contributed by atoms with Crippen LogP contribution in [0.4, 0.5) is 10.7 Å². The summed E-state index contributed by atoms with van der Waals surface area (Å²) in [5.74, 6) is 2.74. The number of nitrogens with zero attached hydrogens (tertiary/aromatic N) is 1. The summed E-state index contributed by atoms with van der Waals surface area (Å²) in [7, 11) is 0. The van der Waals surface area contributed by atoms with Gasteiger partial charge in [-0.3, -0.25) is 5.32 Å². The Labute approximate surface area is 106 Å². The minimum atomic E-state index is -0.206. The third kappa shape index (κ3) is 2.21. The molecule has 0 aromatic carbocycles. The van der Waals surface area contributed by atoms with E-state index in [-0.39, 0.29) is 12.1 Å². The molecule has 98 valence electrons. The Bertz CT molecular complexity index is 418. The highest BCUT2D eigenvalue weighted by atomic mass is 16.5. The minimum absolute atomic E-state index is 0.206. The first-order valence-electron chi connectivity index (χ1n) is 6.70. The zero-order valence-corrected chi connectivity index (χ0v) is 10.6. The second-order valence-corrected chi connectivity index (χ2v) is 5.60. The van der Waals surface area contributed by atoms with Gasteiger partial charge in [0.1, 0.15) is 0 Å². The zero-order valence-electron chi connectivity index (χ0n) is 10.6. The Morgan fingerprint density at radius 1 is 1.50 bits per heavy atom. The predicted molar refractivity (Wildman–Crippen MR) is 67.1 cm³/mol. The molecule has 2 aliphatic carbocycles. The van der Waals surface area contributed by atoms with Crippen LogP contribution in [0.3, 0.4) is 0 Å². The summed E-state index contributed by atoms with van der Waals surface area (Å²) in [5, 5.41) is 9.19. The van der Waals surface area contributed by atoms with Gasteiger partial charge in [-0.05, 0) is 43.9 Å². The molecule has 1 heterocycles. The quantitative estimate of drug-likeness (QED) is 0.865. The lowest BCUT2D eigenvalue weighted by Crippen LogP contribution is -2.42. The molecule has 18 heavy (non-hydrogen) atoms. The number of hydrogen-bond donors (Lipinski definition) is 2. The number of carbonyl (C=O) groups excluding carboxylic acids is 1. The third-order valence-electron chi connectivity index (χ3n) is 4.47. The van der Waals surface area contributed by atoms with Gasteiger partial charge in [0.2, 0.25) is 5.88 Å². The van der Waals surface area contributed by atoms with Gasteiger partial charge in [0.05, 0.1) is 6.20 Å².